The molecule has 1 aromatic carbocycles. The van der Waals surface area contributed by atoms with E-state index in [-0.39, 0.29) is 6.61 Å². The number of carbonyl (C=O) groups is 1. The second-order valence-electron chi connectivity index (χ2n) is 5.51. The molecule has 5 nitrogen and oxygen atoms in total. The molecular weight excluding hydrogens is 270 g/mol. The highest BCUT2D eigenvalue weighted by Crippen LogP contribution is 2.20. The number of methoxy groups -OCH3 is 1. The highest BCUT2D eigenvalue weighted by atomic mass is 16.6. The number of aliphatic hydroxyl groups is 1. The zero-order valence-corrected chi connectivity index (χ0v) is 13.0. The number of hydrogen-bond donors (Lipinski definition) is 2. The van der Waals surface area contributed by atoms with Gasteiger partial charge in [-0.1, -0.05) is 24.3 Å². The predicted octanol–water partition coefficient (Wildman–Crippen LogP) is 2.73. The van der Waals surface area contributed by atoms with Crippen molar-refractivity contribution >= 4 is 12.2 Å². The summed E-state index contributed by atoms with van der Waals surface area (Å²) in [6, 6.07) is 5.51. The first-order chi connectivity index (χ1) is 9.85. The van der Waals surface area contributed by atoms with Crippen LogP contribution in [0.15, 0.2) is 24.3 Å². The molecule has 0 heterocycles. The van der Waals surface area contributed by atoms with Gasteiger partial charge in [0.05, 0.1) is 13.7 Å². The molecule has 0 aliphatic heterocycles. The van der Waals surface area contributed by atoms with E-state index < -0.39 is 11.7 Å². The Labute approximate surface area is 125 Å². The first-order valence-electron chi connectivity index (χ1n) is 6.77. The number of amides is 1. The second kappa shape index (κ2) is 7.69. The molecular formula is C16H23NO4. The molecule has 116 valence electrons. The molecule has 21 heavy (non-hydrogen) atoms. The minimum Gasteiger partial charge on any atom is -0.496 e. The Morgan fingerprint density at radius 2 is 2.10 bits per heavy atom. The normalized spacial score (nSPS) is 11.5. The van der Waals surface area contributed by atoms with E-state index in [0.29, 0.717) is 12.3 Å². The van der Waals surface area contributed by atoms with Crippen LogP contribution in [-0.2, 0) is 11.3 Å². The SMILES string of the molecule is COc1cc(C=CCNC(=O)OC(C)(C)C)ccc1CO. The van der Waals surface area contributed by atoms with Gasteiger partial charge in [-0.05, 0) is 32.4 Å². The van der Waals surface area contributed by atoms with Gasteiger partial charge in [0.15, 0.2) is 0 Å². The zero-order chi connectivity index (χ0) is 15.9. The Morgan fingerprint density at radius 1 is 1.38 bits per heavy atom. The van der Waals surface area contributed by atoms with Crippen molar-refractivity contribution in [3.05, 3.63) is 35.4 Å². The Kier molecular flexibility index (Phi) is 6.24. The fourth-order valence-electron chi connectivity index (χ4n) is 1.65. The number of hydrogen-bond acceptors (Lipinski definition) is 4. The van der Waals surface area contributed by atoms with Crippen molar-refractivity contribution in [3.8, 4) is 5.75 Å². The summed E-state index contributed by atoms with van der Waals surface area (Å²) >= 11 is 0. The van der Waals surface area contributed by atoms with E-state index in [9.17, 15) is 4.79 Å². The Balaban J connectivity index is 2.52. The number of carbonyl (C=O) groups excluding carboxylic acids is 1. The summed E-state index contributed by atoms with van der Waals surface area (Å²) in [5.41, 5.74) is 1.16. The molecule has 2 N–H and O–H groups in total. The van der Waals surface area contributed by atoms with Gasteiger partial charge in [0.1, 0.15) is 11.4 Å². The second-order valence-corrected chi connectivity index (χ2v) is 5.51. The van der Waals surface area contributed by atoms with E-state index in [1.54, 1.807) is 13.2 Å². The summed E-state index contributed by atoms with van der Waals surface area (Å²) in [7, 11) is 1.56. The molecule has 1 rings (SSSR count). The smallest absolute Gasteiger partial charge is 0.407 e. The Bertz CT molecular complexity index is 503. The standard InChI is InChI=1S/C16H23NO4/c1-16(2,3)21-15(19)17-9-5-6-12-7-8-13(11-18)14(10-12)20-4/h5-8,10,18H,9,11H2,1-4H3,(H,17,19). The molecule has 1 aromatic rings. The zero-order valence-electron chi connectivity index (χ0n) is 13.0. The summed E-state index contributed by atoms with van der Waals surface area (Å²) in [5, 5.41) is 11.8. The highest BCUT2D eigenvalue weighted by Gasteiger charge is 2.14. The van der Waals surface area contributed by atoms with E-state index in [0.717, 1.165) is 11.1 Å². The molecule has 0 saturated carbocycles. The predicted molar refractivity (Wildman–Crippen MR) is 82.2 cm³/mol. The van der Waals surface area contributed by atoms with Crippen molar-refractivity contribution in [1.29, 1.82) is 0 Å². The monoisotopic (exact) mass is 293 g/mol. The molecule has 1 amide bonds. The van der Waals surface area contributed by atoms with Crippen molar-refractivity contribution in [2.75, 3.05) is 13.7 Å². The van der Waals surface area contributed by atoms with Gasteiger partial charge in [0.2, 0.25) is 0 Å². The van der Waals surface area contributed by atoms with Crippen molar-refractivity contribution in [3.63, 3.8) is 0 Å². The quantitative estimate of drug-likeness (QED) is 0.876. The van der Waals surface area contributed by atoms with Crippen molar-refractivity contribution in [2.45, 2.75) is 33.0 Å². The number of ether oxygens (including phenoxy) is 2. The first kappa shape index (κ1) is 17.0. The first-order valence-corrected chi connectivity index (χ1v) is 6.77. The van der Waals surface area contributed by atoms with Crippen LogP contribution < -0.4 is 10.1 Å². The van der Waals surface area contributed by atoms with Crippen molar-refractivity contribution < 1.29 is 19.4 Å². The van der Waals surface area contributed by atoms with E-state index in [4.69, 9.17) is 14.6 Å². The van der Waals surface area contributed by atoms with Gasteiger partial charge in [-0.2, -0.15) is 0 Å². The lowest BCUT2D eigenvalue weighted by Crippen LogP contribution is -2.32. The molecule has 0 aromatic heterocycles. The van der Waals surface area contributed by atoms with Gasteiger partial charge in [0, 0.05) is 12.1 Å². The number of alkyl carbamates (subject to hydrolysis) is 1. The van der Waals surface area contributed by atoms with Crippen LogP contribution in [0.3, 0.4) is 0 Å². The number of benzene rings is 1. The van der Waals surface area contributed by atoms with Crippen LogP contribution >= 0.6 is 0 Å². The molecule has 0 aliphatic rings. The lowest BCUT2D eigenvalue weighted by molar-refractivity contribution is 0.0534. The molecule has 0 radical (unpaired) electrons. The van der Waals surface area contributed by atoms with Gasteiger partial charge in [-0.15, -0.1) is 0 Å². The van der Waals surface area contributed by atoms with Crippen LogP contribution in [0.2, 0.25) is 0 Å². The van der Waals surface area contributed by atoms with E-state index >= 15 is 0 Å². The number of aliphatic hydroxyl groups excluding tert-OH is 1. The molecule has 5 heteroatoms. The topological polar surface area (TPSA) is 67.8 Å². The molecule has 0 saturated heterocycles. The van der Waals surface area contributed by atoms with Crippen LogP contribution in [0.4, 0.5) is 4.79 Å². The molecule has 0 spiro atoms. The summed E-state index contributed by atoms with van der Waals surface area (Å²) < 4.78 is 10.3. The largest absolute Gasteiger partial charge is 0.496 e. The fourth-order valence-corrected chi connectivity index (χ4v) is 1.65. The van der Waals surface area contributed by atoms with Gasteiger partial charge >= 0.3 is 6.09 Å². The van der Waals surface area contributed by atoms with Gasteiger partial charge in [0.25, 0.3) is 0 Å². The van der Waals surface area contributed by atoms with E-state index in [1.807, 2.05) is 45.1 Å². The summed E-state index contributed by atoms with van der Waals surface area (Å²) in [6.45, 7) is 5.76. The average Bonchev–Trinajstić information content (AvgIpc) is 2.41. The molecule has 0 bridgehead atoms. The maximum absolute atomic E-state index is 11.4. The van der Waals surface area contributed by atoms with Crippen molar-refractivity contribution in [1.82, 2.24) is 5.32 Å². The summed E-state index contributed by atoms with van der Waals surface area (Å²) in [5.74, 6) is 0.639. The molecule has 0 fully saturated rings. The highest BCUT2D eigenvalue weighted by molar-refractivity contribution is 5.68. The third-order valence-corrected chi connectivity index (χ3v) is 2.55. The minimum atomic E-state index is -0.499. The summed E-state index contributed by atoms with van der Waals surface area (Å²) in [4.78, 5) is 11.4. The molecule has 0 unspecified atom stereocenters. The van der Waals surface area contributed by atoms with Crippen molar-refractivity contribution in [2.24, 2.45) is 0 Å². The van der Waals surface area contributed by atoms with Crippen LogP contribution in [0.25, 0.3) is 6.08 Å². The van der Waals surface area contributed by atoms with Crippen LogP contribution in [0, 0.1) is 0 Å². The van der Waals surface area contributed by atoms with Crippen LogP contribution in [-0.4, -0.2) is 30.5 Å². The van der Waals surface area contributed by atoms with E-state index in [1.165, 1.54) is 0 Å². The molecule has 0 atom stereocenters. The maximum Gasteiger partial charge on any atom is 0.407 e. The lowest BCUT2D eigenvalue weighted by Gasteiger charge is -2.19. The lowest BCUT2D eigenvalue weighted by atomic mass is 10.1. The average molecular weight is 293 g/mol. The summed E-state index contributed by atoms with van der Waals surface area (Å²) in [6.07, 6.45) is 3.23. The Morgan fingerprint density at radius 3 is 2.67 bits per heavy atom. The van der Waals surface area contributed by atoms with Gasteiger partial charge in [-0.25, -0.2) is 4.79 Å². The van der Waals surface area contributed by atoms with Crippen LogP contribution in [0.1, 0.15) is 31.9 Å². The third-order valence-electron chi connectivity index (χ3n) is 2.55. The fraction of sp³-hybridized carbons (Fsp3) is 0.438. The minimum absolute atomic E-state index is 0.0621. The molecule has 0 aliphatic carbocycles. The number of nitrogens with one attached hydrogen (secondary N) is 1. The van der Waals surface area contributed by atoms with Crippen LogP contribution in [0.5, 0.6) is 5.75 Å². The van der Waals surface area contributed by atoms with E-state index in [2.05, 4.69) is 5.32 Å². The number of rotatable bonds is 5. The Hall–Kier alpha value is -2.01. The van der Waals surface area contributed by atoms with Gasteiger partial charge in [-0.3, -0.25) is 0 Å². The van der Waals surface area contributed by atoms with Gasteiger partial charge < -0.3 is 19.9 Å². The maximum atomic E-state index is 11.4. The third kappa shape index (κ3) is 6.31.